The molecule has 0 aromatic heterocycles. The smallest absolute Gasteiger partial charge is 0.241 e. The zero-order valence-electron chi connectivity index (χ0n) is 16.4. The number of likely N-dealkylation sites (N-methyl/N-ethyl adjacent to an activating group) is 1. The summed E-state index contributed by atoms with van der Waals surface area (Å²) in [5.41, 5.74) is 0.955. The van der Waals surface area contributed by atoms with Gasteiger partial charge in [0.05, 0.1) is 20.2 Å². The average Bonchev–Trinajstić information content (AvgIpc) is 2.62. The molecule has 0 fully saturated rings. The van der Waals surface area contributed by atoms with E-state index in [9.17, 15) is 4.79 Å². The number of halogens is 2. The molecule has 0 saturated heterocycles. The van der Waals surface area contributed by atoms with Crippen molar-refractivity contribution in [2.45, 2.75) is 19.9 Å². The number of guanidine groups is 1. The summed E-state index contributed by atoms with van der Waals surface area (Å²) in [6.45, 7) is 4.68. The Balaban J connectivity index is 0.00000676. The molecule has 1 amide bonds. The SMILES string of the molecule is CCOCCCNC(=NCc1cc(Br)ccc1OC)NCC(=O)N(C)C.I. The number of hydrogen-bond donors (Lipinski definition) is 2. The molecule has 154 valence electrons. The number of aliphatic imine (C=N–C) groups is 1. The Morgan fingerprint density at radius 2 is 2.04 bits per heavy atom. The van der Waals surface area contributed by atoms with Gasteiger partial charge in [-0.3, -0.25) is 4.79 Å². The number of carbonyl (C=O) groups is 1. The first-order valence-corrected chi connectivity index (χ1v) is 9.39. The van der Waals surface area contributed by atoms with Crippen molar-refractivity contribution in [3.8, 4) is 5.75 Å². The second-order valence-electron chi connectivity index (χ2n) is 5.74. The second kappa shape index (κ2) is 14.9. The highest BCUT2D eigenvalue weighted by molar-refractivity contribution is 14.0. The van der Waals surface area contributed by atoms with Crippen molar-refractivity contribution in [1.82, 2.24) is 15.5 Å². The van der Waals surface area contributed by atoms with Gasteiger partial charge < -0.3 is 25.0 Å². The Morgan fingerprint density at radius 1 is 1.30 bits per heavy atom. The van der Waals surface area contributed by atoms with Crippen molar-refractivity contribution >= 4 is 51.8 Å². The van der Waals surface area contributed by atoms with Crippen LogP contribution in [0, 0.1) is 0 Å². The van der Waals surface area contributed by atoms with E-state index in [2.05, 4.69) is 31.6 Å². The Labute approximate surface area is 187 Å². The molecule has 0 spiro atoms. The van der Waals surface area contributed by atoms with Gasteiger partial charge >= 0.3 is 0 Å². The molecule has 0 aliphatic carbocycles. The third-order valence-corrected chi connectivity index (χ3v) is 4.01. The summed E-state index contributed by atoms with van der Waals surface area (Å²) < 4.78 is 11.7. The Bertz CT molecular complexity index is 600. The molecule has 0 aliphatic heterocycles. The molecule has 27 heavy (non-hydrogen) atoms. The van der Waals surface area contributed by atoms with Crippen LogP contribution in [0.3, 0.4) is 0 Å². The number of hydrogen-bond acceptors (Lipinski definition) is 4. The number of carbonyl (C=O) groups excluding carboxylic acids is 1. The second-order valence-corrected chi connectivity index (χ2v) is 6.66. The predicted octanol–water partition coefficient (Wildman–Crippen LogP) is 2.63. The van der Waals surface area contributed by atoms with Gasteiger partial charge in [-0.05, 0) is 31.5 Å². The Kier molecular flexibility index (Phi) is 14.3. The fourth-order valence-electron chi connectivity index (χ4n) is 2.05. The lowest BCUT2D eigenvalue weighted by Gasteiger charge is -2.15. The largest absolute Gasteiger partial charge is 0.496 e. The number of ether oxygens (including phenoxy) is 2. The zero-order valence-corrected chi connectivity index (χ0v) is 20.3. The lowest BCUT2D eigenvalue weighted by atomic mass is 10.2. The molecular formula is C18H30BrIN4O3. The summed E-state index contributed by atoms with van der Waals surface area (Å²) in [6, 6.07) is 5.79. The molecule has 7 nitrogen and oxygen atoms in total. The van der Waals surface area contributed by atoms with E-state index in [1.807, 2.05) is 25.1 Å². The van der Waals surface area contributed by atoms with Crippen LogP contribution in [0.15, 0.2) is 27.7 Å². The number of amides is 1. The van der Waals surface area contributed by atoms with E-state index < -0.39 is 0 Å². The Hall–Kier alpha value is -1.07. The van der Waals surface area contributed by atoms with Crippen LogP contribution in [0.1, 0.15) is 18.9 Å². The van der Waals surface area contributed by atoms with Crippen LogP contribution in [-0.4, -0.2) is 64.3 Å². The molecule has 0 aliphatic rings. The fraction of sp³-hybridized carbons (Fsp3) is 0.556. The number of methoxy groups -OCH3 is 1. The summed E-state index contributed by atoms with van der Waals surface area (Å²) in [6.07, 6.45) is 0.858. The quantitative estimate of drug-likeness (QED) is 0.200. The van der Waals surface area contributed by atoms with Gasteiger partial charge in [0.2, 0.25) is 5.91 Å². The van der Waals surface area contributed by atoms with Crippen molar-refractivity contribution in [1.29, 1.82) is 0 Å². The average molecular weight is 557 g/mol. The molecule has 9 heteroatoms. The first kappa shape index (κ1) is 25.9. The van der Waals surface area contributed by atoms with Crippen molar-refractivity contribution in [3.05, 3.63) is 28.2 Å². The Morgan fingerprint density at radius 3 is 2.67 bits per heavy atom. The van der Waals surface area contributed by atoms with E-state index in [-0.39, 0.29) is 36.4 Å². The summed E-state index contributed by atoms with van der Waals surface area (Å²) in [4.78, 5) is 17.9. The standard InChI is InChI=1S/C18H29BrN4O3.HI/c1-5-26-10-6-9-20-18(22-13-17(24)23(2)3)21-12-14-11-15(19)7-8-16(14)25-4;/h7-8,11H,5-6,9-10,12-13H2,1-4H3,(H2,20,21,22);1H. The van der Waals surface area contributed by atoms with Crippen LogP contribution in [0.5, 0.6) is 5.75 Å². The van der Waals surface area contributed by atoms with E-state index in [0.717, 1.165) is 22.2 Å². The van der Waals surface area contributed by atoms with Crippen LogP contribution in [-0.2, 0) is 16.1 Å². The molecule has 1 rings (SSSR count). The fourth-order valence-corrected chi connectivity index (χ4v) is 2.46. The number of nitrogens with zero attached hydrogens (tertiary/aromatic N) is 2. The maximum Gasteiger partial charge on any atom is 0.241 e. The van der Waals surface area contributed by atoms with Gasteiger partial charge in [0.1, 0.15) is 5.75 Å². The monoisotopic (exact) mass is 556 g/mol. The summed E-state index contributed by atoms with van der Waals surface area (Å²) in [7, 11) is 5.09. The molecule has 2 N–H and O–H groups in total. The molecular weight excluding hydrogens is 527 g/mol. The minimum atomic E-state index is -0.0196. The minimum absolute atomic E-state index is 0. The molecule has 0 atom stereocenters. The van der Waals surface area contributed by atoms with E-state index in [1.165, 1.54) is 4.90 Å². The van der Waals surface area contributed by atoms with Crippen LogP contribution < -0.4 is 15.4 Å². The third-order valence-electron chi connectivity index (χ3n) is 3.52. The highest BCUT2D eigenvalue weighted by Crippen LogP contribution is 2.23. The van der Waals surface area contributed by atoms with Gasteiger partial charge in [-0.15, -0.1) is 24.0 Å². The van der Waals surface area contributed by atoms with Crippen LogP contribution in [0.2, 0.25) is 0 Å². The van der Waals surface area contributed by atoms with Crippen molar-refractivity contribution < 1.29 is 14.3 Å². The molecule has 0 unspecified atom stereocenters. The van der Waals surface area contributed by atoms with Gasteiger partial charge in [-0.1, -0.05) is 15.9 Å². The lowest BCUT2D eigenvalue weighted by Crippen LogP contribution is -2.43. The first-order valence-electron chi connectivity index (χ1n) is 8.60. The maximum atomic E-state index is 11.8. The van der Waals surface area contributed by atoms with Gasteiger partial charge in [-0.2, -0.15) is 0 Å². The molecule has 1 aromatic rings. The van der Waals surface area contributed by atoms with Gasteiger partial charge in [-0.25, -0.2) is 4.99 Å². The first-order chi connectivity index (χ1) is 12.5. The summed E-state index contributed by atoms with van der Waals surface area (Å²) >= 11 is 3.46. The molecule has 0 radical (unpaired) electrons. The number of benzene rings is 1. The topological polar surface area (TPSA) is 75.2 Å². The number of nitrogens with one attached hydrogen (secondary N) is 2. The van der Waals surface area contributed by atoms with E-state index in [0.29, 0.717) is 32.3 Å². The van der Waals surface area contributed by atoms with Crippen LogP contribution >= 0.6 is 39.9 Å². The van der Waals surface area contributed by atoms with E-state index in [4.69, 9.17) is 9.47 Å². The lowest BCUT2D eigenvalue weighted by molar-refractivity contribution is -0.127. The predicted molar refractivity (Wildman–Crippen MR) is 123 cm³/mol. The highest BCUT2D eigenvalue weighted by Gasteiger charge is 2.07. The molecule has 0 saturated carbocycles. The van der Waals surface area contributed by atoms with Crippen molar-refractivity contribution in [2.75, 3.05) is 47.5 Å². The van der Waals surface area contributed by atoms with E-state index in [1.54, 1.807) is 21.2 Å². The summed E-state index contributed by atoms with van der Waals surface area (Å²) in [5, 5.41) is 6.30. The summed E-state index contributed by atoms with van der Waals surface area (Å²) in [5.74, 6) is 1.34. The van der Waals surface area contributed by atoms with Crippen LogP contribution in [0.25, 0.3) is 0 Å². The molecule has 0 heterocycles. The van der Waals surface area contributed by atoms with Gasteiger partial charge in [0, 0.05) is 43.9 Å². The molecule has 1 aromatic carbocycles. The zero-order chi connectivity index (χ0) is 19.4. The normalized spacial score (nSPS) is 10.8. The van der Waals surface area contributed by atoms with Gasteiger partial charge in [0.25, 0.3) is 0 Å². The van der Waals surface area contributed by atoms with Gasteiger partial charge in [0.15, 0.2) is 5.96 Å². The van der Waals surface area contributed by atoms with Crippen molar-refractivity contribution in [3.63, 3.8) is 0 Å². The molecule has 0 bridgehead atoms. The minimum Gasteiger partial charge on any atom is -0.496 e. The van der Waals surface area contributed by atoms with E-state index >= 15 is 0 Å². The maximum absolute atomic E-state index is 11.8. The van der Waals surface area contributed by atoms with Crippen LogP contribution in [0.4, 0.5) is 0 Å². The van der Waals surface area contributed by atoms with Crippen molar-refractivity contribution in [2.24, 2.45) is 4.99 Å². The number of rotatable bonds is 10. The third kappa shape index (κ3) is 10.7. The highest BCUT2D eigenvalue weighted by atomic mass is 127.